The first-order valence-electron chi connectivity index (χ1n) is 3.04. The third kappa shape index (κ3) is 5.05. The normalized spacial score (nSPS) is 13.4. The molecule has 0 aliphatic carbocycles. The molecule has 2 heteroatoms. The molecule has 0 fully saturated rings. The molecule has 0 radical (unpaired) electrons. The minimum absolute atomic E-state index is 0.449. The third-order valence-electron chi connectivity index (χ3n) is 0.911. The summed E-state index contributed by atoms with van der Waals surface area (Å²) in [5.41, 5.74) is 0. The summed E-state index contributed by atoms with van der Waals surface area (Å²) in [5.74, 6) is 0. The fourth-order valence-electron chi connectivity index (χ4n) is 0.444. The fourth-order valence-corrected chi connectivity index (χ4v) is 0.444. The number of allylic oxidation sites excluding steroid dienone is 1. The highest BCUT2D eigenvalue weighted by atomic mass is 16.3. The number of nitriles is 1. The molecule has 0 heterocycles. The number of nitrogens with zero attached hydrogens (tertiary/aromatic N) is 1. The quantitative estimate of drug-likeness (QED) is 0.455. The van der Waals surface area contributed by atoms with Crippen molar-refractivity contribution in [1.82, 2.24) is 0 Å². The van der Waals surface area contributed by atoms with E-state index in [0.717, 1.165) is 6.42 Å². The summed E-state index contributed by atoms with van der Waals surface area (Å²) >= 11 is 0. The van der Waals surface area contributed by atoms with Crippen LogP contribution < -0.4 is 0 Å². The van der Waals surface area contributed by atoms with Crippen LogP contribution in [0, 0.1) is 11.3 Å². The summed E-state index contributed by atoms with van der Waals surface area (Å²) < 4.78 is 0. The molecule has 0 aromatic rings. The Morgan fingerprint density at radius 1 is 1.67 bits per heavy atom. The van der Waals surface area contributed by atoms with E-state index in [0.29, 0.717) is 6.42 Å². The van der Waals surface area contributed by atoms with Crippen molar-refractivity contribution in [3.05, 3.63) is 12.2 Å². The van der Waals surface area contributed by atoms with E-state index in [1.165, 1.54) is 0 Å². The lowest BCUT2D eigenvalue weighted by molar-refractivity contribution is 0.234. The van der Waals surface area contributed by atoms with Crippen LogP contribution >= 0.6 is 0 Å². The third-order valence-corrected chi connectivity index (χ3v) is 0.911. The molecule has 0 aliphatic heterocycles. The maximum absolute atomic E-state index is 8.67. The first kappa shape index (κ1) is 8.19. The molecule has 2 nitrogen and oxygen atoms in total. The van der Waals surface area contributed by atoms with Gasteiger partial charge in [0.2, 0.25) is 0 Å². The molecule has 0 aromatic heterocycles. The van der Waals surface area contributed by atoms with Crippen molar-refractivity contribution in [2.45, 2.75) is 25.9 Å². The van der Waals surface area contributed by atoms with Gasteiger partial charge in [-0.25, -0.2) is 0 Å². The molecule has 0 aliphatic rings. The van der Waals surface area contributed by atoms with Crippen LogP contribution in [0.25, 0.3) is 0 Å². The first-order chi connectivity index (χ1) is 4.31. The summed E-state index contributed by atoms with van der Waals surface area (Å²) in [6.45, 7) is 2.01. The molecule has 0 spiro atoms. The van der Waals surface area contributed by atoms with E-state index in [-0.39, 0.29) is 0 Å². The van der Waals surface area contributed by atoms with Gasteiger partial charge in [-0.05, 0) is 6.42 Å². The van der Waals surface area contributed by atoms with Gasteiger partial charge < -0.3 is 5.11 Å². The first-order valence-corrected chi connectivity index (χ1v) is 3.04. The topological polar surface area (TPSA) is 44.0 Å². The van der Waals surface area contributed by atoms with Crippen LogP contribution in [0.15, 0.2) is 12.2 Å². The van der Waals surface area contributed by atoms with E-state index in [9.17, 15) is 0 Å². The molecule has 0 rings (SSSR count). The highest BCUT2D eigenvalue weighted by Crippen LogP contribution is 1.91. The summed E-state index contributed by atoms with van der Waals surface area (Å²) in [5, 5.41) is 16.8. The number of rotatable bonds is 3. The van der Waals surface area contributed by atoms with Crippen molar-refractivity contribution in [2.75, 3.05) is 0 Å². The van der Waals surface area contributed by atoms with Gasteiger partial charge in [0.15, 0.2) is 0 Å². The summed E-state index contributed by atoms with van der Waals surface area (Å²) in [6, 6.07) is 1.73. The molecule has 0 aromatic carbocycles. The molecule has 0 saturated carbocycles. The predicted octanol–water partition coefficient (Wildman–Crippen LogP) is 1.23. The summed E-state index contributed by atoms with van der Waals surface area (Å²) in [7, 11) is 0. The average Bonchev–Trinajstić information content (AvgIpc) is 1.89. The predicted molar refractivity (Wildman–Crippen MR) is 35.7 cm³/mol. The standard InChI is InChI=1S/C7H11NO/c1-2-3-4-5-7(9)6-8/h3-4,7,9H,2,5H2,1H3/b4-3-. The smallest absolute Gasteiger partial charge is 0.143 e. The van der Waals surface area contributed by atoms with Gasteiger partial charge in [0, 0.05) is 6.42 Å². The Bertz CT molecular complexity index is 123. The van der Waals surface area contributed by atoms with Crippen molar-refractivity contribution in [3.63, 3.8) is 0 Å². The van der Waals surface area contributed by atoms with Gasteiger partial charge in [-0.3, -0.25) is 0 Å². The van der Waals surface area contributed by atoms with Crippen molar-refractivity contribution in [3.8, 4) is 6.07 Å². The second-order valence-corrected chi connectivity index (χ2v) is 1.76. The van der Waals surface area contributed by atoms with E-state index in [1.807, 2.05) is 19.1 Å². The van der Waals surface area contributed by atoms with Crippen LogP contribution in [0.3, 0.4) is 0 Å². The molecule has 50 valence electrons. The van der Waals surface area contributed by atoms with Crippen LogP contribution in [-0.4, -0.2) is 11.2 Å². The van der Waals surface area contributed by atoms with Crippen molar-refractivity contribution < 1.29 is 5.11 Å². The maximum Gasteiger partial charge on any atom is 0.143 e. The number of hydrogen-bond acceptors (Lipinski definition) is 2. The molecule has 9 heavy (non-hydrogen) atoms. The zero-order valence-electron chi connectivity index (χ0n) is 5.54. The second kappa shape index (κ2) is 5.33. The fraction of sp³-hybridized carbons (Fsp3) is 0.571. The van der Waals surface area contributed by atoms with Gasteiger partial charge in [0.25, 0.3) is 0 Å². The van der Waals surface area contributed by atoms with Crippen molar-refractivity contribution in [2.24, 2.45) is 0 Å². The van der Waals surface area contributed by atoms with E-state index >= 15 is 0 Å². The Morgan fingerprint density at radius 2 is 2.33 bits per heavy atom. The zero-order valence-corrected chi connectivity index (χ0v) is 5.54. The van der Waals surface area contributed by atoms with Gasteiger partial charge >= 0.3 is 0 Å². The molecular formula is C7H11NO. The molecule has 0 amide bonds. The molecule has 1 N–H and O–H groups in total. The monoisotopic (exact) mass is 125 g/mol. The highest BCUT2D eigenvalue weighted by Gasteiger charge is 1.93. The van der Waals surface area contributed by atoms with E-state index < -0.39 is 6.10 Å². The van der Waals surface area contributed by atoms with Crippen LogP contribution in [0.1, 0.15) is 19.8 Å². The molecule has 0 bridgehead atoms. The van der Waals surface area contributed by atoms with Crippen LogP contribution in [-0.2, 0) is 0 Å². The van der Waals surface area contributed by atoms with Crippen LogP contribution in [0.2, 0.25) is 0 Å². The number of aliphatic hydroxyl groups excluding tert-OH is 1. The van der Waals surface area contributed by atoms with Gasteiger partial charge in [0.1, 0.15) is 6.10 Å². The minimum Gasteiger partial charge on any atom is -0.378 e. The number of aliphatic hydroxyl groups is 1. The van der Waals surface area contributed by atoms with Crippen molar-refractivity contribution >= 4 is 0 Å². The van der Waals surface area contributed by atoms with Crippen molar-refractivity contribution in [1.29, 1.82) is 5.26 Å². The summed E-state index contributed by atoms with van der Waals surface area (Å²) in [6.07, 6.45) is 4.32. The largest absolute Gasteiger partial charge is 0.378 e. The maximum atomic E-state index is 8.67. The average molecular weight is 125 g/mol. The van der Waals surface area contributed by atoms with Gasteiger partial charge in [-0.15, -0.1) is 0 Å². The lowest BCUT2D eigenvalue weighted by Crippen LogP contribution is -1.98. The Balaban J connectivity index is 3.29. The lowest BCUT2D eigenvalue weighted by Gasteiger charge is -1.91. The Labute approximate surface area is 55.4 Å². The molecular weight excluding hydrogens is 114 g/mol. The SMILES string of the molecule is CC/C=C\CC(O)C#N. The highest BCUT2D eigenvalue weighted by molar-refractivity contribution is 4.91. The second-order valence-electron chi connectivity index (χ2n) is 1.76. The number of hydrogen-bond donors (Lipinski definition) is 1. The molecule has 0 saturated heterocycles. The minimum atomic E-state index is -0.826. The van der Waals surface area contributed by atoms with E-state index in [1.54, 1.807) is 6.07 Å². The van der Waals surface area contributed by atoms with E-state index in [2.05, 4.69) is 0 Å². The zero-order chi connectivity index (χ0) is 7.11. The molecule has 1 atom stereocenters. The van der Waals surface area contributed by atoms with Crippen LogP contribution in [0.5, 0.6) is 0 Å². The van der Waals surface area contributed by atoms with E-state index in [4.69, 9.17) is 10.4 Å². The Kier molecular flexibility index (Phi) is 4.85. The van der Waals surface area contributed by atoms with Crippen LogP contribution in [0.4, 0.5) is 0 Å². The van der Waals surface area contributed by atoms with Gasteiger partial charge in [-0.2, -0.15) is 5.26 Å². The van der Waals surface area contributed by atoms with Gasteiger partial charge in [-0.1, -0.05) is 19.1 Å². The Morgan fingerprint density at radius 3 is 2.78 bits per heavy atom. The summed E-state index contributed by atoms with van der Waals surface area (Å²) in [4.78, 5) is 0. The molecule has 1 unspecified atom stereocenters. The lowest BCUT2D eigenvalue weighted by atomic mass is 10.2. The Hall–Kier alpha value is -0.810. The van der Waals surface area contributed by atoms with Gasteiger partial charge in [0.05, 0.1) is 6.07 Å².